The van der Waals surface area contributed by atoms with Gasteiger partial charge in [-0.2, -0.15) is 0 Å². The van der Waals surface area contributed by atoms with Gasteiger partial charge in [-0.3, -0.25) is 0 Å². The highest BCUT2D eigenvalue weighted by Gasteiger charge is 2.17. The van der Waals surface area contributed by atoms with E-state index in [1.165, 1.54) is 7.11 Å². The number of anilines is 1. The highest BCUT2D eigenvalue weighted by atomic mass is 79.9. The first-order valence-electron chi connectivity index (χ1n) is 4.90. The summed E-state index contributed by atoms with van der Waals surface area (Å²) in [5.41, 5.74) is 0.683. The number of ether oxygens (including phenoxy) is 2. The fraction of sp³-hybridized carbons (Fsp3) is 0.364. The molecule has 0 heterocycles. The smallest absolute Gasteiger partial charge is 0.328 e. The van der Waals surface area contributed by atoms with Crippen molar-refractivity contribution < 1.29 is 19.4 Å². The molecule has 1 unspecified atom stereocenters. The van der Waals surface area contributed by atoms with Crippen LogP contribution in [0.1, 0.15) is 0 Å². The minimum atomic E-state index is -0.959. The number of carboxylic acid groups (broad SMARTS) is 1. The van der Waals surface area contributed by atoms with E-state index in [1.807, 2.05) is 0 Å². The molecule has 2 N–H and O–H groups in total. The minimum Gasteiger partial charge on any atom is -0.496 e. The zero-order valence-corrected chi connectivity index (χ0v) is 11.2. The molecule has 0 aliphatic rings. The van der Waals surface area contributed by atoms with Crippen molar-refractivity contribution >= 4 is 27.6 Å². The summed E-state index contributed by atoms with van der Waals surface area (Å²) in [5, 5.41) is 11.8. The van der Waals surface area contributed by atoms with Crippen LogP contribution in [0.2, 0.25) is 0 Å². The first-order chi connectivity index (χ1) is 8.08. The van der Waals surface area contributed by atoms with Crippen molar-refractivity contribution in [3.8, 4) is 5.75 Å². The number of hydrogen-bond acceptors (Lipinski definition) is 4. The van der Waals surface area contributed by atoms with Crippen LogP contribution in [0.25, 0.3) is 0 Å². The lowest BCUT2D eigenvalue weighted by atomic mass is 10.2. The SMILES string of the molecule is COCC(Nc1ccc(OC)c(Br)c1)C(=O)O. The highest BCUT2D eigenvalue weighted by molar-refractivity contribution is 9.10. The molecule has 6 heteroatoms. The average molecular weight is 304 g/mol. The van der Waals surface area contributed by atoms with Crippen LogP contribution in [-0.4, -0.2) is 37.9 Å². The molecular formula is C11H14BrNO4. The zero-order chi connectivity index (χ0) is 12.8. The predicted octanol–water partition coefficient (Wildman–Crippen LogP) is 1.97. The van der Waals surface area contributed by atoms with Gasteiger partial charge in [0.15, 0.2) is 0 Å². The number of nitrogens with one attached hydrogen (secondary N) is 1. The number of carbonyl (C=O) groups is 1. The second-order valence-corrected chi connectivity index (χ2v) is 4.19. The van der Waals surface area contributed by atoms with E-state index in [1.54, 1.807) is 25.3 Å². The van der Waals surface area contributed by atoms with Gasteiger partial charge in [0.05, 0.1) is 18.2 Å². The molecule has 0 aromatic heterocycles. The standard InChI is InChI=1S/C11H14BrNO4/c1-16-6-9(11(14)15)13-7-3-4-10(17-2)8(12)5-7/h3-5,9,13H,6H2,1-2H3,(H,14,15). The minimum absolute atomic E-state index is 0.0962. The molecule has 0 aliphatic carbocycles. The van der Waals surface area contributed by atoms with Gasteiger partial charge in [-0.25, -0.2) is 4.79 Å². The number of methoxy groups -OCH3 is 2. The number of benzene rings is 1. The van der Waals surface area contributed by atoms with Gasteiger partial charge >= 0.3 is 5.97 Å². The Kier molecular flexibility index (Phi) is 5.24. The molecule has 0 bridgehead atoms. The molecule has 1 atom stereocenters. The maximum Gasteiger partial charge on any atom is 0.328 e. The molecule has 0 aliphatic heterocycles. The van der Waals surface area contributed by atoms with Gasteiger partial charge in [0.2, 0.25) is 0 Å². The number of carboxylic acids is 1. The van der Waals surface area contributed by atoms with E-state index in [0.29, 0.717) is 11.4 Å². The Morgan fingerprint density at radius 2 is 2.24 bits per heavy atom. The van der Waals surface area contributed by atoms with Crippen molar-refractivity contribution in [2.24, 2.45) is 0 Å². The van der Waals surface area contributed by atoms with E-state index in [9.17, 15) is 4.79 Å². The molecule has 0 fully saturated rings. The summed E-state index contributed by atoms with van der Waals surface area (Å²) in [5.74, 6) is -0.270. The third-order valence-corrected chi connectivity index (χ3v) is 2.74. The third-order valence-electron chi connectivity index (χ3n) is 2.12. The van der Waals surface area contributed by atoms with Crippen molar-refractivity contribution in [2.45, 2.75) is 6.04 Å². The van der Waals surface area contributed by atoms with E-state index in [4.69, 9.17) is 14.6 Å². The van der Waals surface area contributed by atoms with Gasteiger partial charge in [-0.05, 0) is 34.1 Å². The van der Waals surface area contributed by atoms with E-state index < -0.39 is 12.0 Å². The molecule has 17 heavy (non-hydrogen) atoms. The predicted molar refractivity (Wildman–Crippen MR) is 67.6 cm³/mol. The first kappa shape index (κ1) is 13.8. The lowest BCUT2D eigenvalue weighted by Gasteiger charge is -2.15. The van der Waals surface area contributed by atoms with E-state index in [-0.39, 0.29) is 6.61 Å². The second kappa shape index (κ2) is 6.46. The monoisotopic (exact) mass is 303 g/mol. The van der Waals surface area contributed by atoms with E-state index in [0.717, 1.165) is 4.47 Å². The molecular weight excluding hydrogens is 290 g/mol. The van der Waals surface area contributed by atoms with Crippen molar-refractivity contribution in [3.63, 3.8) is 0 Å². The maximum atomic E-state index is 10.9. The Morgan fingerprint density at radius 3 is 2.71 bits per heavy atom. The lowest BCUT2D eigenvalue weighted by Crippen LogP contribution is -2.33. The van der Waals surface area contributed by atoms with Gasteiger partial charge < -0.3 is 19.9 Å². The zero-order valence-electron chi connectivity index (χ0n) is 9.57. The number of halogens is 1. The van der Waals surface area contributed by atoms with E-state index in [2.05, 4.69) is 21.2 Å². The van der Waals surface area contributed by atoms with Crippen LogP contribution in [0.4, 0.5) is 5.69 Å². The van der Waals surface area contributed by atoms with Gasteiger partial charge in [0.1, 0.15) is 11.8 Å². The summed E-state index contributed by atoms with van der Waals surface area (Å²) in [4.78, 5) is 10.9. The fourth-order valence-electron chi connectivity index (χ4n) is 1.30. The normalized spacial score (nSPS) is 11.9. The van der Waals surface area contributed by atoms with Crippen LogP contribution < -0.4 is 10.1 Å². The lowest BCUT2D eigenvalue weighted by molar-refractivity contribution is -0.139. The molecule has 1 rings (SSSR count). The third kappa shape index (κ3) is 3.90. The Bertz CT molecular complexity index is 397. The van der Waals surface area contributed by atoms with Crippen molar-refractivity contribution in [1.82, 2.24) is 0 Å². The van der Waals surface area contributed by atoms with Crippen molar-refractivity contribution in [2.75, 3.05) is 26.1 Å². The molecule has 0 saturated heterocycles. The van der Waals surface area contributed by atoms with Crippen LogP contribution in [0.3, 0.4) is 0 Å². The summed E-state index contributed by atoms with van der Waals surface area (Å²) in [7, 11) is 3.03. The van der Waals surface area contributed by atoms with Gasteiger partial charge in [0.25, 0.3) is 0 Å². The largest absolute Gasteiger partial charge is 0.496 e. The van der Waals surface area contributed by atoms with Crippen LogP contribution in [0.15, 0.2) is 22.7 Å². The van der Waals surface area contributed by atoms with Crippen LogP contribution in [0, 0.1) is 0 Å². The molecule has 94 valence electrons. The van der Waals surface area contributed by atoms with Gasteiger partial charge in [-0.15, -0.1) is 0 Å². The van der Waals surface area contributed by atoms with Crippen molar-refractivity contribution in [3.05, 3.63) is 22.7 Å². The summed E-state index contributed by atoms with van der Waals surface area (Å²) < 4.78 is 10.7. The molecule has 5 nitrogen and oxygen atoms in total. The summed E-state index contributed by atoms with van der Waals surface area (Å²) in [6, 6.07) is 4.47. The van der Waals surface area contributed by atoms with Crippen LogP contribution in [0.5, 0.6) is 5.75 Å². The highest BCUT2D eigenvalue weighted by Crippen LogP contribution is 2.27. The first-order valence-corrected chi connectivity index (χ1v) is 5.69. The topological polar surface area (TPSA) is 67.8 Å². The fourth-order valence-corrected chi connectivity index (χ4v) is 1.84. The molecule has 0 spiro atoms. The molecule has 1 aromatic rings. The average Bonchev–Trinajstić information content (AvgIpc) is 2.28. The molecule has 0 radical (unpaired) electrons. The Morgan fingerprint density at radius 1 is 1.53 bits per heavy atom. The maximum absolute atomic E-state index is 10.9. The Hall–Kier alpha value is -1.27. The van der Waals surface area contributed by atoms with Gasteiger partial charge in [-0.1, -0.05) is 0 Å². The van der Waals surface area contributed by atoms with Gasteiger partial charge in [0, 0.05) is 12.8 Å². The molecule has 0 saturated carbocycles. The summed E-state index contributed by atoms with van der Waals surface area (Å²) in [6.07, 6.45) is 0. The number of aliphatic carboxylic acids is 1. The molecule has 1 aromatic carbocycles. The Balaban J connectivity index is 2.79. The summed E-state index contributed by atoms with van der Waals surface area (Å²) >= 11 is 3.33. The second-order valence-electron chi connectivity index (χ2n) is 3.34. The number of hydrogen-bond donors (Lipinski definition) is 2. The quantitative estimate of drug-likeness (QED) is 0.841. The Labute approximate surface area is 108 Å². The van der Waals surface area contributed by atoms with Crippen LogP contribution >= 0.6 is 15.9 Å². The van der Waals surface area contributed by atoms with E-state index >= 15 is 0 Å². The van der Waals surface area contributed by atoms with Crippen LogP contribution in [-0.2, 0) is 9.53 Å². The van der Waals surface area contributed by atoms with Crippen molar-refractivity contribution in [1.29, 1.82) is 0 Å². The number of rotatable bonds is 6. The molecule has 0 amide bonds. The summed E-state index contributed by atoms with van der Waals surface area (Å²) in [6.45, 7) is 0.0962.